The van der Waals surface area contributed by atoms with Gasteiger partial charge in [0.05, 0.1) is 6.21 Å². The first-order valence-corrected chi connectivity index (χ1v) is 5.31. The van der Waals surface area contributed by atoms with Crippen molar-refractivity contribution in [3.05, 3.63) is 23.3 Å². The van der Waals surface area contributed by atoms with Crippen molar-refractivity contribution >= 4 is 23.5 Å². The molecule has 0 saturated heterocycles. The Morgan fingerprint density at radius 2 is 2.33 bits per heavy atom. The van der Waals surface area contributed by atoms with E-state index in [9.17, 15) is 0 Å². The van der Waals surface area contributed by atoms with E-state index in [4.69, 9.17) is 5.73 Å². The molecule has 0 spiro atoms. The zero-order valence-corrected chi connectivity index (χ0v) is 10.2. The Morgan fingerprint density at radius 1 is 1.67 bits per heavy atom. The van der Waals surface area contributed by atoms with Crippen LogP contribution in [0.5, 0.6) is 0 Å². The molecule has 3 N–H and O–H groups in total. The van der Waals surface area contributed by atoms with Gasteiger partial charge in [-0.05, 0) is 42.1 Å². The molecule has 0 aliphatic heterocycles. The highest BCUT2D eigenvalue weighted by atomic mass is 32.1. The number of thiocarbonyl (C=S) groups is 1. The van der Waals surface area contributed by atoms with Crippen LogP contribution >= 0.6 is 12.2 Å². The first kappa shape index (κ1) is 11.9. The number of allylic oxidation sites excluding steroid dienone is 4. The zero-order chi connectivity index (χ0) is 11.5. The van der Waals surface area contributed by atoms with Crippen molar-refractivity contribution in [3.63, 3.8) is 0 Å². The largest absolute Gasteiger partial charge is 0.375 e. The van der Waals surface area contributed by atoms with E-state index in [-0.39, 0.29) is 10.5 Å². The van der Waals surface area contributed by atoms with Crippen molar-refractivity contribution in [1.29, 1.82) is 0 Å². The van der Waals surface area contributed by atoms with Crippen LogP contribution in [0.2, 0.25) is 0 Å². The van der Waals surface area contributed by atoms with Crippen LogP contribution in [0.1, 0.15) is 27.2 Å². The van der Waals surface area contributed by atoms with Crippen LogP contribution in [0.25, 0.3) is 0 Å². The Kier molecular flexibility index (Phi) is 3.63. The van der Waals surface area contributed by atoms with Crippen LogP contribution in [-0.2, 0) is 0 Å². The monoisotopic (exact) mass is 223 g/mol. The zero-order valence-electron chi connectivity index (χ0n) is 9.37. The SMILES string of the molecule is CC1=C(/C=N/NC(N)=S)C(C)(C)CC=C1. The molecule has 1 rings (SSSR count). The van der Waals surface area contributed by atoms with Crippen molar-refractivity contribution < 1.29 is 0 Å². The maximum absolute atomic E-state index is 5.29. The number of nitrogens with one attached hydrogen (secondary N) is 1. The first-order valence-electron chi connectivity index (χ1n) is 4.90. The molecule has 0 saturated carbocycles. The Balaban J connectivity index is 2.85. The van der Waals surface area contributed by atoms with Crippen molar-refractivity contribution in [2.75, 3.05) is 0 Å². The fourth-order valence-electron chi connectivity index (χ4n) is 1.70. The predicted molar refractivity (Wildman–Crippen MR) is 68.7 cm³/mol. The Bertz CT molecular complexity index is 351. The number of hydrogen-bond acceptors (Lipinski definition) is 2. The summed E-state index contributed by atoms with van der Waals surface area (Å²) in [6.07, 6.45) is 7.14. The van der Waals surface area contributed by atoms with Crippen molar-refractivity contribution in [2.24, 2.45) is 16.3 Å². The van der Waals surface area contributed by atoms with Gasteiger partial charge in [0.1, 0.15) is 0 Å². The summed E-state index contributed by atoms with van der Waals surface area (Å²) < 4.78 is 0. The van der Waals surface area contributed by atoms with Gasteiger partial charge >= 0.3 is 0 Å². The first-order chi connectivity index (χ1) is 6.93. The maximum Gasteiger partial charge on any atom is 0.184 e. The van der Waals surface area contributed by atoms with E-state index in [1.165, 1.54) is 11.1 Å². The van der Waals surface area contributed by atoms with Gasteiger partial charge in [0.25, 0.3) is 0 Å². The summed E-state index contributed by atoms with van der Waals surface area (Å²) >= 11 is 4.67. The topological polar surface area (TPSA) is 50.4 Å². The molecular weight excluding hydrogens is 206 g/mol. The van der Waals surface area contributed by atoms with Crippen LogP contribution in [0.4, 0.5) is 0 Å². The molecular formula is C11H17N3S. The molecule has 1 aliphatic carbocycles. The molecule has 82 valence electrons. The van der Waals surface area contributed by atoms with Gasteiger partial charge in [-0.3, -0.25) is 5.43 Å². The van der Waals surface area contributed by atoms with Crippen LogP contribution < -0.4 is 11.2 Å². The third kappa shape index (κ3) is 3.16. The molecule has 3 nitrogen and oxygen atoms in total. The summed E-state index contributed by atoms with van der Waals surface area (Å²) in [4.78, 5) is 0. The lowest BCUT2D eigenvalue weighted by molar-refractivity contribution is 0.464. The molecule has 0 heterocycles. The smallest absolute Gasteiger partial charge is 0.184 e. The molecule has 0 aromatic carbocycles. The average Bonchev–Trinajstić information content (AvgIpc) is 2.09. The molecule has 15 heavy (non-hydrogen) atoms. The lowest BCUT2D eigenvalue weighted by Gasteiger charge is -2.28. The van der Waals surface area contributed by atoms with E-state index in [0.29, 0.717) is 0 Å². The minimum atomic E-state index is 0.125. The highest BCUT2D eigenvalue weighted by molar-refractivity contribution is 7.80. The highest BCUT2D eigenvalue weighted by Gasteiger charge is 2.24. The van der Waals surface area contributed by atoms with Gasteiger partial charge < -0.3 is 5.73 Å². The van der Waals surface area contributed by atoms with E-state index in [1.807, 2.05) is 0 Å². The molecule has 0 atom stereocenters. The minimum Gasteiger partial charge on any atom is -0.375 e. The molecule has 1 aliphatic rings. The third-order valence-corrected chi connectivity index (χ3v) is 2.61. The van der Waals surface area contributed by atoms with Crippen molar-refractivity contribution in [3.8, 4) is 0 Å². The van der Waals surface area contributed by atoms with Crippen molar-refractivity contribution in [1.82, 2.24) is 5.43 Å². The quantitative estimate of drug-likeness (QED) is 0.428. The second kappa shape index (κ2) is 4.57. The summed E-state index contributed by atoms with van der Waals surface area (Å²) in [5.74, 6) is 0. The van der Waals surface area contributed by atoms with Crippen LogP contribution in [0.15, 0.2) is 28.4 Å². The second-order valence-corrected chi connectivity index (χ2v) is 4.76. The summed E-state index contributed by atoms with van der Waals surface area (Å²) in [6.45, 7) is 6.48. The normalized spacial score (nSPS) is 19.7. The molecule has 0 amide bonds. The molecule has 4 heteroatoms. The molecule has 0 bridgehead atoms. The number of rotatable bonds is 2. The fourth-order valence-corrected chi connectivity index (χ4v) is 1.75. The van der Waals surface area contributed by atoms with Gasteiger partial charge in [0, 0.05) is 0 Å². The van der Waals surface area contributed by atoms with E-state index in [2.05, 4.69) is 55.7 Å². The van der Waals surface area contributed by atoms with E-state index < -0.39 is 0 Å². The Morgan fingerprint density at radius 3 is 2.87 bits per heavy atom. The van der Waals surface area contributed by atoms with Gasteiger partial charge in [-0.25, -0.2) is 0 Å². The van der Waals surface area contributed by atoms with Crippen molar-refractivity contribution in [2.45, 2.75) is 27.2 Å². The fraction of sp³-hybridized carbons (Fsp3) is 0.455. The standard InChI is InChI=1S/C11H17N3S/c1-8-5-4-6-11(2,3)9(8)7-13-14-10(12)15/h4-5,7H,6H2,1-3H3,(H3,12,14,15)/b13-7+. The van der Waals surface area contributed by atoms with Gasteiger partial charge in [-0.2, -0.15) is 5.10 Å². The maximum atomic E-state index is 5.29. The van der Waals surface area contributed by atoms with Crippen LogP contribution in [-0.4, -0.2) is 11.3 Å². The van der Waals surface area contributed by atoms with Crippen LogP contribution in [0, 0.1) is 5.41 Å². The highest BCUT2D eigenvalue weighted by Crippen LogP contribution is 2.35. The minimum absolute atomic E-state index is 0.125. The van der Waals surface area contributed by atoms with E-state index in [0.717, 1.165) is 6.42 Å². The lowest BCUT2D eigenvalue weighted by atomic mass is 9.76. The summed E-state index contributed by atoms with van der Waals surface area (Å²) in [5, 5.41) is 4.20. The molecule has 0 aromatic rings. The number of hydrazone groups is 1. The molecule has 0 aromatic heterocycles. The predicted octanol–water partition coefficient (Wildman–Crippen LogP) is 2.11. The molecule has 0 unspecified atom stereocenters. The third-order valence-electron chi connectivity index (χ3n) is 2.52. The average molecular weight is 223 g/mol. The Hall–Kier alpha value is -1.16. The Labute approximate surface area is 96.1 Å². The number of hydrogen-bond donors (Lipinski definition) is 2. The molecule has 0 fully saturated rings. The van der Waals surface area contributed by atoms with E-state index >= 15 is 0 Å². The van der Waals surface area contributed by atoms with Gasteiger partial charge in [0.2, 0.25) is 0 Å². The summed E-state index contributed by atoms with van der Waals surface area (Å²) in [5.41, 5.74) is 10.4. The van der Waals surface area contributed by atoms with Gasteiger partial charge in [-0.1, -0.05) is 26.0 Å². The summed E-state index contributed by atoms with van der Waals surface area (Å²) in [7, 11) is 0. The van der Waals surface area contributed by atoms with E-state index in [1.54, 1.807) is 6.21 Å². The van der Waals surface area contributed by atoms with Crippen LogP contribution in [0.3, 0.4) is 0 Å². The second-order valence-electron chi connectivity index (χ2n) is 4.32. The number of nitrogens with two attached hydrogens (primary N) is 1. The van der Waals surface area contributed by atoms with Gasteiger partial charge in [-0.15, -0.1) is 0 Å². The summed E-state index contributed by atoms with van der Waals surface area (Å²) in [6, 6.07) is 0. The van der Waals surface area contributed by atoms with Gasteiger partial charge in [0.15, 0.2) is 5.11 Å². The lowest BCUT2D eigenvalue weighted by Crippen LogP contribution is -2.25. The number of nitrogens with zero attached hydrogens (tertiary/aromatic N) is 1. The molecule has 0 radical (unpaired) electrons.